The van der Waals surface area contributed by atoms with Crippen LogP contribution in [-0.2, 0) is 4.79 Å². The Kier molecular flexibility index (Phi) is 5.15. The van der Waals surface area contributed by atoms with Crippen molar-refractivity contribution < 1.29 is 14.7 Å². The molecule has 1 heterocycles. The molecule has 0 saturated carbocycles. The van der Waals surface area contributed by atoms with Crippen LogP contribution in [0.3, 0.4) is 0 Å². The Morgan fingerprint density at radius 3 is 2.47 bits per heavy atom. The first-order valence-corrected chi connectivity index (χ1v) is 6.57. The van der Waals surface area contributed by atoms with Crippen molar-refractivity contribution in [2.45, 2.75) is 33.7 Å². The molecule has 0 aliphatic rings. The Bertz CT molecular complexity index is 451. The van der Waals surface area contributed by atoms with Crippen LogP contribution < -0.4 is 0 Å². The fraction of sp³-hybridized carbons (Fsp3) is 0.571. The number of carboxylic acids is 1. The number of amides is 1. The van der Waals surface area contributed by atoms with Gasteiger partial charge in [-0.1, -0.05) is 6.92 Å². The van der Waals surface area contributed by atoms with Crippen molar-refractivity contribution >= 4 is 11.9 Å². The van der Waals surface area contributed by atoms with E-state index >= 15 is 0 Å². The summed E-state index contributed by atoms with van der Waals surface area (Å²) in [4.78, 5) is 24.9. The molecule has 1 rings (SSSR count). The normalized spacial score (nSPS) is 12.5. The van der Waals surface area contributed by atoms with Gasteiger partial charge in [0.2, 0.25) is 0 Å². The molecule has 5 heteroatoms. The lowest BCUT2D eigenvalue weighted by Gasteiger charge is -2.24. The summed E-state index contributed by atoms with van der Waals surface area (Å²) in [6, 6.07) is 3.81. The molecule has 19 heavy (non-hydrogen) atoms. The predicted molar refractivity (Wildman–Crippen MR) is 73.2 cm³/mol. The summed E-state index contributed by atoms with van der Waals surface area (Å²) in [5.74, 6) is -1.56. The molecule has 0 saturated heterocycles. The molecular formula is C14H22N2O3. The molecule has 106 valence electrons. The van der Waals surface area contributed by atoms with Gasteiger partial charge in [-0.15, -0.1) is 0 Å². The first-order chi connectivity index (χ1) is 8.88. The monoisotopic (exact) mass is 266 g/mol. The van der Waals surface area contributed by atoms with Gasteiger partial charge in [-0.2, -0.15) is 0 Å². The lowest BCUT2D eigenvalue weighted by molar-refractivity contribution is -0.141. The largest absolute Gasteiger partial charge is 0.481 e. The molecule has 1 amide bonds. The van der Waals surface area contributed by atoms with E-state index in [1.54, 1.807) is 17.9 Å². The fourth-order valence-electron chi connectivity index (χ4n) is 1.95. The van der Waals surface area contributed by atoms with Crippen LogP contribution in [0.2, 0.25) is 0 Å². The van der Waals surface area contributed by atoms with Gasteiger partial charge in [0.05, 0.1) is 5.92 Å². The lowest BCUT2D eigenvalue weighted by Crippen LogP contribution is -2.37. The van der Waals surface area contributed by atoms with Crippen molar-refractivity contribution in [2.75, 3.05) is 13.1 Å². The zero-order valence-corrected chi connectivity index (χ0v) is 12.0. The van der Waals surface area contributed by atoms with Crippen molar-refractivity contribution in [3.63, 3.8) is 0 Å². The van der Waals surface area contributed by atoms with Gasteiger partial charge in [0.25, 0.3) is 5.91 Å². The van der Waals surface area contributed by atoms with Gasteiger partial charge in [-0.3, -0.25) is 9.59 Å². The second-order valence-electron chi connectivity index (χ2n) is 4.98. The van der Waals surface area contributed by atoms with Gasteiger partial charge >= 0.3 is 5.97 Å². The van der Waals surface area contributed by atoms with Crippen LogP contribution in [0, 0.1) is 5.92 Å². The Labute approximate surface area is 113 Å². The summed E-state index contributed by atoms with van der Waals surface area (Å²) in [6.45, 7) is 8.21. The summed E-state index contributed by atoms with van der Waals surface area (Å²) < 4.78 is 1.90. The number of carbonyl (C=O) groups is 2. The van der Waals surface area contributed by atoms with Crippen molar-refractivity contribution in [3.8, 4) is 0 Å². The zero-order valence-electron chi connectivity index (χ0n) is 12.0. The SMILES string of the molecule is CCN(CC(C)C(=O)O)C(=O)c1cccn1C(C)C. The van der Waals surface area contributed by atoms with Crippen LogP contribution in [0.5, 0.6) is 0 Å². The van der Waals surface area contributed by atoms with Gasteiger partial charge < -0.3 is 14.6 Å². The smallest absolute Gasteiger partial charge is 0.308 e. The third kappa shape index (κ3) is 3.59. The van der Waals surface area contributed by atoms with Gasteiger partial charge in [0.15, 0.2) is 0 Å². The Balaban J connectivity index is 2.89. The van der Waals surface area contributed by atoms with E-state index in [4.69, 9.17) is 5.11 Å². The first-order valence-electron chi connectivity index (χ1n) is 6.57. The van der Waals surface area contributed by atoms with E-state index in [1.807, 2.05) is 37.6 Å². The minimum absolute atomic E-state index is 0.116. The minimum Gasteiger partial charge on any atom is -0.481 e. The van der Waals surface area contributed by atoms with Gasteiger partial charge in [0.1, 0.15) is 5.69 Å². The molecule has 0 aliphatic carbocycles. The number of aromatic nitrogens is 1. The van der Waals surface area contributed by atoms with Gasteiger partial charge in [0, 0.05) is 25.3 Å². The number of hydrogen-bond donors (Lipinski definition) is 1. The Morgan fingerprint density at radius 2 is 2.00 bits per heavy atom. The summed E-state index contributed by atoms with van der Waals surface area (Å²) in [6.07, 6.45) is 1.87. The van der Waals surface area contributed by atoms with Gasteiger partial charge in [-0.25, -0.2) is 0 Å². The fourth-order valence-corrected chi connectivity index (χ4v) is 1.95. The number of rotatable bonds is 6. The molecule has 0 radical (unpaired) electrons. The molecular weight excluding hydrogens is 244 g/mol. The number of carboxylic acid groups (broad SMARTS) is 1. The van der Waals surface area contributed by atoms with E-state index in [9.17, 15) is 9.59 Å². The summed E-state index contributed by atoms with van der Waals surface area (Å²) >= 11 is 0. The average molecular weight is 266 g/mol. The lowest BCUT2D eigenvalue weighted by atomic mass is 10.1. The first kappa shape index (κ1) is 15.3. The van der Waals surface area contributed by atoms with E-state index in [0.717, 1.165) is 0 Å². The highest BCUT2D eigenvalue weighted by Crippen LogP contribution is 2.14. The number of nitrogens with zero attached hydrogens (tertiary/aromatic N) is 2. The molecule has 0 spiro atoms. The van der Waals surface area contributed by atoms with Crippen LogP contribution in [0.25, 0.3) is 0 Å². The molecule has 1 N–H and O–H groups in total. The molecule has 1 atom stereocenters. The van der Waals surface area contributed by atoms with Crippen LogP contribution >= 0.6 is 0 Å². The Hall–Kier alpha value is -1.78. The average Bonchev–Trinajstić information content (AvgIpc) is 2.83. The summed E-state index contributed by atoms with van der Waals surface area (Å²) in [5, 5.41) is 8.94. The van der Waals surface area contributed by atoms with Crippen molar-refractivity contribution in [3.05, 3.63) is 24.0 Å². The second kappa shape index (κ2) is 6.41. The van der Waals surface area contributed by atoms with Crippen molar-refractivity contribution in [1.29, 1.82) is 0 Å². The van der Waals surface area contributed by atoms with Crippen LogP contribution in [0.1, 0.15) is 44.2 Å². The number of carbonyl (C=O) groups excluding carboxylic acids is 1. The molecule has 5 nitrogen and oxygen atoms in total. The standard InChI is InChI=1S/C14H22N2O3/c1-5-15(9-11(4)14(18)19)13(17)12-7-6-8-16(12)10(2)3/h6-8,10-11H,5,9H2,1-4H3,(H,18,19). The van der Waals surface area contributed by atoms with E-state index < -0.39 is 11.9 Å². The molecule has 1 unspecified atom stereocenters. The number of aliphatic carboxylic acids is 1. The van der Waals surface area contributed by atoms with E-state index in [-0.39, 0.29) is 18.5 Å². The highest BCUT2D eigenvalue weighted by Gasteiger charge is 2.22. The Morgan fingerprint density at radius 1 is 1.37 bits per heavy atom. The summed E-state index contributed by atoms with van der Waals surface area (Å²) in [7, 11) is 0. The maximum Gasteiger partial charge on any atom is 0.308 e. The quantitative estimate of drug-likeness (QED) is 0.859. The second-order valence-corrected chi connectivity index (χ2v) is 4.98. The topological polar surface area (TPSA) is 62.5 Å². The maximum absolute atomic E-state index is 12.4. The van der Waals surface area contributed by atoms with E-state index in [0.29, 0.717) is 12.2 Å². The van der Waals surface area contributed by atoms with Crippen LogP contribution in [0.4, 0.5) is 0 Å². The van der Waals surface area contributed by atoms with Crippen molar-refractivity contribution in [1.82, 2.24) is 9.47 Å². The highest BCUT2D eigenvalue weighted by molar-refractivity contribution is 5.93. The van der Waals surface area contributed by atoms with Crippen LogP contribution in [-0.4, -0.2) is 39.5 Å². The van der Waals surface area contributed by atoms with E-state index in [1.165, 1.54) is 0 Å². The molecule has 1 aromatic heterocycles. The zero-order chi connectivity index (χ0) is 14.6. The highest BCUT2D eigenvalue weighted by atomic mass is 16.4. The van der Waals surface area contributed by atoms with Crippen LogP contribution in [0.15, 0.2) is 18.3 Å². The summed E-state index contributed by atoms with van der Waals surface area (Å²) in [5.41, 5.74) is 0.606. The number of hydrogen-bond acceptors (Lipinski definition) is 2. The molecule has 0 fully saturated rings. The third-order valence-electron chi connectivity index (χ3n) is 3.14. The predicted octanol–water partition coefficient (Wildman–Crippen LogP) is 2.25. The molecule has 0 aliphatic heterocycles. The third-order valence-corrected chi connectivity index (χ3v) is 3.14. The maximum atomic E-state index is 12.4. The molecule has 0 bridgehead atoms. The van der Waals surface area contributed by atoms with Crippen molar-refractivity contribution in [2.24, 2.45) is 5.92 Å². The minimum atomic E-state index is -0.884. The molecule has 0 aromatic carbocycles. The molecule has 1 aromatic rings. The van der Waals surface area contributed by atoms with Gasteiger partial charge in [-0.05, 0) is 32.9 Å². The van der Waals surface area contributed by atoms with E-state index in [2.05, 4.69) is 0 Å².